The first-order chi connectivity index (χ1) is 14.9. The highest BCUT2D eigenvalue weighted by Gasteiger charge is 2.47. The highest BCUT2D eigenvalue weighted by Crippen LogP contribution is 2.45. The molecule has 0 radical (unpaired) electrons. The smallest absolute Gasteiger partial charge is 0.224 e. The lowest BCUT2D eigenvalue weighted by Gasteiger charge is -2.51. The molecule has 4 atom stereocenters. The first-order valence-electron chi connectivity index (χ1n) is 11.2. The molecule has 3 aliphatic rings. The Kier molecular flexibility index (Phi) is 6.14. The van der Waals surface area contributed by atoms with Gasteiger partial charge in [0.25, 0.3) is 0 Å². The lowest BCUT2D eigenvalue weighted by atomic mass is 9.71. The monoisotopic (exact) mass is 423 g/mol. The zero-order chi connectivity index (χ0) is 22.1. The second-order valence-electron chi connectivity index (χ2n) is 8.63. The number of allylic oxidation sites excluding steroid dienone is 3. The molecular formula is C24H33N5O2. The van der Waals surface area contributed by atoms with Crippen LogP contribution in [0.2, 0.25) is 0 Å². The summed E-state index contributed by atoms with van der Waals surface area (Å²) < 4.78 is 5.56. The van der Waals surface area contributed by atoms with Crippen LogP contribution in [0.15, 0.2) is 48.0 Å². The lowest BCUT2D eigenvalue weighted by molar-refractivity contribution is -0.129. The molecule has 3 heterocycles. The number of likely N-dealkylation sites (tertiary alicyclic amines) is 1. The Hall–Kier alpha value is -2.67. The molecule has 0 saturated carbocycles. The van der Waals surface area contributed by atoms with Gasteiger partial charge in [-0.25, -0.2) is 9.97 Å². The third-order valence-corrected chi connectivity index (χ3v) is 6.73. The third kappa shape index (κ3) is 3.99. The number of rotatable bonds is 4. The van der Waals surface area contributed by atoms with E-state index in [4.69, 9.17) is 4.74 Å². The Morgan fingerprint density at radius 1 is 1.29 bits per heavy atom. The maximum Gasteiger partial charge on any atom is 0.224 e. The molecule has 2 saturated heterocycles. The molecule has 7 heteroatoms. The maximum atomic E-state index is 12.7. The van der Waals surface area contributed by atoms with Crippen molar-refractivity contribution in [1.82, 2.24) is 19.8 Å². The molecule has 1 amide bonds. The van der Waals surface area contributed by atoms with Crippen LogP contribution in [0.1, 0.15) is 32.9 Å². The van der Waals surface area contributed by atoms with E-state index in [0.29, 0.717) is 5.95 Å². The Morgan fingerprint density at radius 3 is 2.65 bits per heavy atom. The van der Waals surface area contributed by atoms with Crippen molar-refractivity contribution in [2.45, 2.75) is 46.2 Å². The molecule has 1 N–H and O–H groups in total. The Bertz CT molecular complexity index is 918. The van der Waals surface area contributed by atoms with Gasteiger partial charge in [-0.2, -0.15) is 0 Å². The predicted octanol–water partition coefficient (Wildman–Crippen LogP) is 3.13. The van der Waals surface area contributed by atoms with Crippen molar-refractivity contribution >= 4 is 11.9 Å². The summed E-state index contributed by atoms with van der Waals surface area (Å²) in [4.78, 5) is 26.1. The number of anilines is 1. The maximum absolute atomic E-state index is 12.7. The number of aryl methyl sites for hydroxylation is 1. The minimum atomic E-state index is -0.0617. The van der Waals surface area contributed by atoms with Gasteiger partial charge in [-0.15, -0.1) is 0 Å². The molecular weight excluding hydrogens is 390 g/mol. The van der Waals surface area contributed by atoms with E-state index in [9.17, 15) is 4.79 Å². The molecule has 0 aromatic carbocycles. The van der Waals surface area contributed by atoms with Crippen molar-refractivity contribution in [2.24, 2.45) is 11.8 Å². The van der Waals surface area contributed by atoms with Crippen LogP contribution >= 0.6 is 0 Å². The van der Waals surface area contributed by atoms with Gasteiger partial charge in [-0.05, 0) is 37.1 Å². The molecule has 0 bridgehead atoms. The molecule has 166 valence electrons. The van der Waals surface area contributed by atoms with Gasteiger partial charge in [0.15, 0.2) is 0 Å². The molecule has 0 spiro atoms. The van der Waals surface area contributed by atoms with E-state index in [2.05, 4.69) is 52.8 Å². The van der Waals surface area contributed by atoms with E-state index in [1.165, 1.54) is 5.70 Å². The summed E-state index contributed by atoms with van der Waals surface area (Å²) in [5.41, 5.74) is 4.28. The first-order valence-corrected chi connectivity index (χ1v) is 11.2. The fraction of sp³-hybridized carbons (Fsp3) is 0.542. The molecule has 2 aliphatic heterocycles. The molecule has 2 fully saturated rings. The second kappa shape index (κ2) is 8.83. The number of aromatic nitrogens is 2. The summed E-state index contributed by atoms with van der Waals surface area (Å²) >= 11 is 0. The van der Waals surface area contributed by atoms with Gasteiger partial charge in [0.05, 0.1) is 25.3 Å². The van der Waals surface area contributed by atoms with Crippen molar-refractivity contribution < 1.29 is 9.53 Å². The quantitative estimate of drug-likeness (QED) is 0.751. The number of carbonyl (C=O) groups is 1. The van der Waals surface area contributed by atoms with Gasteiger partial charge in [-0.1, -0.05) is 20.4 Å². The average molecular weight is 424 g/mol. The van der Waals surface area contributed by atoms with E-state index < -0.39 is 0 Å². The molecule has 3 unspecified atom stereocenters. The Labute approximate surface area is 184 Å². The van der Waals surface area contributed by atoms with E-state index >= 15 is 0 Å². The van der Waals surface area contributed by atoms with Gasteiger partial charge < -0.3 is 19.9 Å². The Morgan fingerprint density at radius 2 is 2.00 bits per heavy atom. The molecule has 7 nitrogen and oxygen atoms in total. The van der Waals surface area contributed by atoms with Gasteiger partial charge in [0.2, 0.25) is 11.9 Å². The number of carbonyl (C=O) groups excluding carboxylic acids is 1. The predicted molar refractivity (Wildman–Crippen MR) is 121 cm³/mol. The molecule has 1 aromatic rings. The van der Waals surface area contributed by atoms with E-state index in [1.54, 1.807) is 13.1 Å². The number of hydrogen-bond acceptors (Lipinski definition) is 6. The fourth-order valence-corrected chi connectivity index (χ4v) is 5.26. The highest BCUT2D eigenvalue weighted by atomic mass is 16.5. The van der Waals surface area contributed by atoms with Crippen LogP contribution in [-0.2, 0) is 9.53 Å². The number of piperidine rings is 1. The highest BCUT2D eigenvalue weighted by molar-refractivity contribution is 5.77. The van der Waals surface area contributed by atoms with E-state index in [0.717, 1.165) is 49.7 Å². The topological polar surface area (TPSA) is 70.6 Å². The number of ether oxygens (including phenoxy) is 1. The zero-order valence-electron chi connectivity index (χ0n) is 19.0. The number of fused-ring (bicyclic) bond motifs is 1. The fourth-order valence-electron chi connectivity index (χ4n) is 5.26. The van der Waals surface area contributed by atoms with Crippen molar-refractivity contribution in [2.75, 3.05) is 31.6 Å². The minimum Gasteiger partial charge on any atom is -0.378 e. The first kappa shape index (κ1) is 21.6. The van der Waals surface area contributed by atoms with Crippen LogP contribution in [0.4, 0.5) is 5.95 Å². The Balaban J connectivity index is 1.75. The van der Waals surface area contributed by atoms with Gasteiger partial charge in [0, 0.05) is 55.1 Å². The van der Waals surface area contributed by atoms with Gasteiger partial charge >= 0.3 is 0 Å². The number of hydrogen-bond donors (Lipinski definition) is 1. The van der Waals surface area contributed by atoms with Crippen LogP contribution in [0.5, 0.6) is 0 Å². The van der Waals surface area contributed by atoms with Gasteiger partial charge in [0.1, 0.15) is 0 Å². The average Bonchev–Trinajstić information content (AvgIpc) is 2.75. The van der Waals surface area contributed by atoms with E-state index in [-0.39, 0.29) is 29.8 Å². The number of nitrogens with zero attached hydrogens (tertiary/aromatic N) is 4. The van der Waals surface area contributed by atoms with Crippen molar-refractivity contribution in [1.29, 1.82) is 0 Å². The summed E-state index contributed by atoms with van der Waals surface area (Å²) in [5.74, 6) is 0.930. The minimum absolute atomic E-state index is 0.0483. The molecule has 1 aromatic heterocycles. The third-order valence-electron chi connectivity index (χ3n) is 6.73. The van der Waals surface area contributed by atoms with Crippen LogP contribution in [0.25, 0.3) is 0 Å². The summed E-state index contributed by atoms with van der Waals surface area (Å²) in [6, 6.07) is 1.78. The van der Waals surface area contributed by atoms with Gasteiger partial charge in [-0.3, -0.25) is 4.79 Å². The van der Waals surface area contributed by atoms with Crippen molar-refractivity contribution in [3.05, 3.63) is 53.7 Å². The van der Waals surface area contributed by atoms with Crippen molar-refractivity contribution in [3.63, 3.8) is 0 Å². The normalized spacial score (nSPS) is 28.6. The standard InChI is InChI=1S/C24H33N5O2/c1-6-19-17(4)23(27-24-25-10-9-15(2)26-24)22-16(3)20(28-11-13-31-14-12-28)7-8-21(22)29(19)18(5)30/h7-10,16,19,22-23H,4,6,11-14H2,1-3,5H3,(H,25,26,27)/t16?,19-,22?,23?/m0/s1. The summed E-state index contributed by atoms with van der Waals surface area (Å²) in [6.07, 6.45) is 6.91. The van der Waals surface area contributed by atoms with Crippen LogP contribution in [0, 0.1) is 18.8 Å². The summed E-state index contributed by atoms with van der Waals surface area (Å²) in [5, 5.41) is 3.58. The van der Waals surface area contributed by atoms with Crippen LogP contribution < -0.4 is 5.32 Å². The second-order valence-corrected chi connectivity index (χ2v) is 8.63. The number of morpholine rings is 1. The molecule has 31 heavy (non-hydrogen) atoms. The van der Waals surface area contributed by atoms with Crippen LogP contribution in [-0.4, -0.2) is 64.1 Å². The SMILES string of the molecule is C=C1C(Nc2nccc(C)n2)C2C(=CC=C(N3CCOCC3)C2C)N(C(C)=O)[C@H]1CC. The molecule has 4 rings (SSSR count). The number of amides is 1. The zero-order valence-corrected chi connectivity index (χ0v) is 19.0. The van der Waals surface area contributed by atoms with Crippen molar-refractivity contribution in [3.8, 4) is 0 Å². The summed E-state index contributed by atoms with van der Waals surface area (Å²) in [7, 11) is 0. The molecule has 1 aliphatic carbocycles. The van der Waals surface area contributed by atoms with E-state index in [1.807, 2.05) is 17.9 Å². The largest absolute Gasteiger partial charge is 0.378 e. The lowest BCUT2D eigenvalue weighted by Crippen LogP contribution is -2.56. The number of nitrogens with one attached hydrogen (secondary N) is 1. The summed E-state index contributed by atoms with van der Waals surface area (Å²) in [6.45, 7) is 15.7. The van der Waals surface area contributed by atoms with Crippen LogP contribution in [0.3, 0.4) is 0 Å².